The number of piperidine rings is 1. The molecule has 2 aliphatic rings. The first-order valence-electron chi connectivity index (χ1n) is 6.35. The predicted molar refractivity (Wildman–Crippen MR) is 70.4 cm³/mol. The van der Waals surface area contributed by atoms with Gasteiger partial charge in [0.1, 0.15) is 17.3 Å². The van der Waals surface area contributed by atoms with Gasteiger partial charge in [-0.1, -0.05) is 11.6 Å². The van der Waals surface area contributed by atoms with Crippen molar-refractivity contribution in [2.75, 3.05) is 18.0 Å². The molecule has 1 aromatic heterocycles. The Balaban J connectivity index is 1.75. The quantitative estimate of drug-likeness (QED) is 0.806. The summed E-state index contributed by atoms with van der Waals surface area (Å²) in [5.41, 5.74) is 0. The molecule has 0 aromatic carbocycles. The van der Waals surface area contributed by atoms with Crippen molar-refractivity contribution in [1.82, 2.24) is 15.3 Å². The summed E-state index contributed by atoms with van der Waals surface area (Å²) in [6.45, 7) is 1.63. The van der Waals surface area contributed by atoms with E-state index in [0.717, 1.165) is 31.7 Å². The summed E-state index contributed by atoms with van der Waals surface area (Å²) < 4.78 is 0. The molecule has 2 fully saturated rings. The Morgan fingerprint density at radius 2 is 2.05 bits per heavy atom. The number of anilines is 1. The molecule has 1 aliphatic heterocycles. The maximum absolute atomic E-state index is 10.8. The Morgan fingerprint density at radius 1 is 1.37 bits per heavy atom. The van der Waals surface area contributed by atoms with Crippen LogP contribution in [-0.4, -0.2) is 40.3 Å². The second-order valence-electron chi connectivity index (χ2n) is 5.18. The van der Waals surface area contributed by atoms with E-state index in [-0.39, 0.29) is 6.04 Å². The average Bonchev–Trinajstić information content (AvgIpc) is 2.61. The Hall–Kier alpha value is -1.56. The number of halogens is 1. The van der Waals surface area contributed by atoms with Gasteiger partial charge in [0.2, 0.25) is 0 Å². The molecule has 1 saturated heterocycles. The van der Waals surface area contributed by atoms with E-state index < -0.39 is 6.09 Å². The molecule has 0 radical (unpaired) electrons. The van der Waals surface area contributed by atoms with E-state index >= 15 is 0 Å². The minimum absolute atomic E-state index is 0.0751. The molecular weight excluding hydrogens is 268 g/mol. The molecule has 1 saturated carbocycles. The number of nitrogens with zero attached hydrogens (tertiary/aromatic N) is 3. The lowest BCUT2D eigenvalue weighted by Crippen LogP contribution is -2.52. The van der Waals surface area contributed by atoms with Crippen LogP contribution in [0.1, 0.15) is 12.8 Å². The summed E-state index contributed by atoms with van der Waals surface area (Å²) in [4.78, 5) is 21.1. The van der Waals surface area contributed by atoms with E-state index in [4.69, 9.17) is 16.7 Å². The van der Waals surface area contributed by atoms with Gasteiger partial charge in [-0.25, -0.2) is 14.8 Å². The van der Waals surface area contributed by atoms with Crippen LogP contribution in [0.3, 0.4) is 0 Å². The van der Waals surface area contributed by atoms with E-state index in [0.29, 0.717) is 17.0 Å². The fourth-order valence-corrected chi connectivity index (χ4v) is 3.43. The van der Waals surface area contributed by atoms with Crippen molar-refractivity contribution in [3.63, 3.8) is 0 Å². The summed E-state index contributed by atoms with van der Waals surface area (Å²) in [6.07, 6.45) is 2.65. The molecule has 2 N–H and O–H groups in total. The van der Waals surface area contributed by atoms with E-state index in [1.54, 1.807) is 6.07 Å². The van der Waals surface area contributed by atoms with Gasteiger partial charge in [-0.3, -0.25) is 0 Å². The number of hydrogen-bond donors (Lipinski definition) is 2. The molecule has 19 heavy (non-hydrogen) atoms. The van der Waals surface area contributed by atoms with Crippen molar-refractivity contribution in [3.05, 3.63) is 17.5 Å². The van der Waals surface area contributed by atoms with Crippen molar-refractivity contribution in [1.29, 1.82) is 0 Å². The summed E-state index contributed by atoms with van der Waals surface area (Å²) in [6, 6.07) is 1.83. The zero-order chi connectivity index (χ0) is 13.4. The van der Waals surface area contributed by atoms with Crippen LogP contribution in [0.4, 0.5) is 10.6 Å². The number of carboxylic acid groups (broad SMARTS) is 1. The summed E-state index contributed by atoms with van der Waals surface area (Å²) >= 11 is 5.88. The number of hydrogen-bond acceptors (Lipinski definition) is 4. The number of fused-ring (bicyclic) bond motifs is 2. The molecule has 6 nitrogen and oxygen atoms in total. The molecule has 1 aromatic rings. The molecule has 2 bridgehead atoms. The highest BCUT2D eigenvalue weighted by molar-refractivity contribution is 6.29. The number of nitrogens with one attached hydrogen (secondary N) is 1. The first kappa shape index (κ1) is 12.5. The van der Waals surface area contributed by atoms with Gasteiger partial charge in [0, 0.05) is 25.2 Å². The standard InChI is InChI=1S/C12H15ClN4O2/c13-9-3-10(15-6-14-9)17-4-7-1-2-8(5-17)11(7)16-12(18)19/h3,6-8,11,16H,1-2,4-5H2,(H,18,19)/t7-,8+,11-. The molecule has 0 unspecified atom stereocenters. The fraction of sp³-hybridized carbons (Fsp3) is 0.583. The van der Waals surface area contributed by atoms with Crippen LogP contribution < -0.4 is 10.2 Å². The largest absolute Gasteiger partial charge is 0.465 e. The predicted octanol–water partition coefficient (Wildman–Crippen LogP) is 1.61. The van der Waals surface area contributed by atoms with Crippen LogP contribution in [0.15, 0.2) is 12.4 Å². The molecule has 1 amide bonds. The lowest BCUT2D eigenvalue weighted by atomic mass is 9.92. The highest BCUT2D eigenvalue weighted by atomic mass is 35.5. The highest BCUT2D eigenvalue weighted by Gasteiger charge is 2.43. The first-order chi connectivity index (χ1) is 9.13. The Kier molecular flexibility index (Phi) is 3.18. The zero-order valence-electron chi connectivity index (χ0n) is 10.3. The smallest absolute Gasteiger partial charge is 0.404 e. The SMILES string of the molecule is O=C(O)N[C@@H]1[C@@H]2CC[C@H]1CN(c1cc(Cl)ncn1)C2. The Bertz CT molecular complexity index is 484. The maximum atomic E-state index is 10.8. The summed E-state index contributed by atoms with van der Waals surface area (Å²) in [5.74, 6) is 1.53. The minimum atomic E-state index is -0.930. The molecular formula is C12H15ClN4O2. The third kappa shape index (κ3) is 2.45. The van der Waals surface area contributed by atoms with E-state index in [1.807, 2.05) is 0 Å². The van der Waals surface area contributed by atoms with Gasteiger partial charge in [-0.05, 0) is 24.7 Å². The van der Waals surface area contributed by atoms with Crippen molar-refractivity contribution in [2.24, 2.45) is 11.8 Å². The van der Waals surface area contributed by atoms with Crippen LogP contribution in [0.2, 0.25) is 5.15 Å². The van der Waals surface area contributed by atoms with Crippen molar-refractivity contribution < 1.29 is 9.90 Å². The second kappa shape index (κ2) is 4.85. The number of amides is 1. The third-order valence-electron chi connectivity index (χ3n) is 4.07. The number of aromatic nitrogens is 2. The Morgan fingerprint density at radius 3 is 2.63 bits per heavy atom. The zero-order valence-corrected chi connectivity index (χ0v) is 11.0. The van der Waals surface area contributed by atoms with E-state index in [9.17, 15) is 4.79 Å². The van der Waals surface area contributed by atoms with Crippen LogP contribution in [0.5, 0.6) is 0 Å². The molecule has 102 valence electrons. The minimum Gasteiger partial charge on any atom is -0.465 e. The van der Waals surface area contributed by atoms with Crippen molar-refractivity contribution in [2.45, 2.75) is 18.9 Å². The normalized spacial score (nSPS) is 29.3. The lowest BCUT2D eigenvalue weighted by Gasteiger charge is -2.38. The van der Waals surface area contributed by atoms with Gasteiger partial charge in [-0.15, -0.1) is 0 Å². The molecule has 1 aliphatic carbocycles. The second-order valence-corrected chi connectivity index (χ2v) is 5.56. The van der Waals surface area contributed by atoms with Crippen LogP contribution in [0.25, 0.3) is 0 Å². The van der Waals surface area contributed by atoms with Crippen LogP contribution in [-0.2, 0) is 0 Å². The topological polar surface area (TPSA) is 78.4 Å². The van der Waals surface area contributed by atoms with Gasteiger partial charge in [-0.2, -0.15) is 0 Å². The molecule has 0 spiro atoms. The number of rotatable bonds is 2. The van der Waals surface area contributed by atoms with Gasteiger partial charge in [0.25, 0.3) is 0 Å². The maximum Gasteiger partial charge on any atom is 0.404 e. The highest BCUT2D eigenvalue weighted by Crippen LogP contribution is 2.38. The summed E-state index contributed by atoms with van der Waals surface area (Å²) in [5, 5.41) is 12.0. The Labute approximate surface area is 115 Å². The van der Waals surface area contributed by atoms with Crippen LogP contribution >= 0.6 is 11.6 Å². The summed E-state index contributed by atoms with van der Waals surface area (Å²) in [7, 11) is 0. The van der Waals surface area contributed by atoms with E-state index in [2.05, 4.69) is 20.2 Å². The van der Waals surface area contributed by atoms with Crippen LogP contribution in [0, 0.1) is 11.8 Å². The monoisotopic (exact) mass is 282 g/mol. The fourth-order valence-electron chi connectivity index (χ4n) is 3.29. The van der Waals surface area contributed by atoms with Gasteiger partial charge in [0.05, 0.1) is 0 Å². The van der Waals surface area contributed by atoms with Gasteiger partial charge >= 0.3 is 6.09 Å². The van der Waals surface area contributed by atoms with Crippen molar-refractivity contribution >= 4 is 23.5 Å². The lowest BCUT2D eigenvalue weighted by molar-refractivity contribution is 0.178. The molecule has 3 atom stereocenters. The van der Waals surface area contributed by atoms with Gasteiger partial charge in [0.15, 0.2) is 0 Å². The van der Waals surface area contributed by atoms with E-state index in [1.165, 1.54) is 6.33 Å². The van der Waals surface area contributed by atoms with Gasteiger partial charge < -0.3 is 15.3 Å². The van der Waals surface area contributed by atoms with Crippen molar-refractivity contribution in [3.8, 4) is 0 Å². The average molecular weight is 283 g/mol. The number of carbonyl (C=O) groups is 1. The first-order valence-corrected chi connectivity index (χ1v) is 6.73. The molecule has 3 rings (SSSR count). The molecule has 2 heterocycles. The molecule has 7 heteroatoms. The third-order valence-corrected chi connectivity index (χ3v) is 4.27.